The van der Waals surface area contributed by atoms with Crippen LogP contribution in [-0.2, 0) is 11.2 Å². The molecule has 3 aliphatic rings. The molecule has 2 fully saturated rings. The van der Waals surface area contributed by atoms with Crippen LogP contribution in [0, 0.1) is 18.3 Å². The lowest BCUT2D eigenvalue weighted by Gasteiger charge is -2.32. The summed E-state index contributed by atoms with van der Waals surface area (Å²) in [6.45, 7) is 2.90. The van der Waals surface area contributed by atoms with Crippen LogP contribution in [0.15, 0.2) is 4.42 Å². The number of aryl methyl sites for hydroxylation is 1. The first kappa shape index (κ1) is 15.4. The number of fused-ring (bicyclic) bond motifs is 1. The number of rotatable bonds is 2. The molecule has 1 aromatic rings. The summed E-state index contributed by atoms with van der Waals surface area (Å²) < 4.78 is 5.74. The Kier molecular flexibility index (Phi) is 3.34. The van der Waals surface area contributed by atoms with Gasteiger partial charge in [0.25, 0.3) is 5.91 Å². The van der Waals surface area contributed by atoms with Crippen LogP contribution in [0.3, 0.4) is 0 Å². The second-order valence-electron chi connectivity index (χ2n) is 7.38. The molecule has 1 amide bonds. The fourth-order valence-electron chi connectivity index (χ4n) is 4.40. The predicted octanol–water partition coefficient (Wildman–Crippen LogP) is 2.43. The highest BCUT2D eigenvalue weighted by molar-refractivity contribution is 6.03. The minimum absolute atomic E-state index is 0.0661. The van der Waals surface area contributed by atoms with Gasteiger partial charge in [0.2, 0.25) is 0 Å². The molecular weight excluding hydrogens is 310 g/mol. The lowest BCUT2D eigenvalue weighted by molar-refractivity contribution is -0.139. The molecule has 1 atom stereocenters. The highest BCUT2D eigenvalue weighted by Gasteiger charge is 2.59. The second-order valence-corrected chi connectivity index (χ2v) is 7.38. The van der Waals surface area contributed by atoms with Gasteiger partial charge in [-0.3, -0.25) is 14.4 Å². The number of carboxylic acids is 1. The lowest BCUT2D eigenvalue weighted by atomic mass is 9.90. The van der Waals surface area contributed by atoms with Gasteiger partial charge in [0.05, 0.1) is 11.5 Å². The molecule has 6 nitrogen and oxygen atoms in total. The molecular formula is C18H21NO5. The van der Waals surface area contributed by atoms with E-state index in [-0.39, 0.29) is 28.8 Å². The van der Waals surface area contributed by atoms with E-state index in [1.807, 2.05) is 0 Å². The van der Waals surface area contributed by atoms with Gasteiger partial charge in [-0.2, -0.15) is 0 Å². The number of Topliss-reactive ketones (excluding diaryl/α,β-unsaturated/α-hetero) is 1. The minimum atomic E-state index is -0.720. The summed E-state index contributed by atoms with van der Waals surface area (Å²) in [6, 6.07) is 0. The van der Waals surface area contributed by atoms with Crippen molar-refractivity contribution in [3.05, 3.63) is 22.6 Å². The normalized spacial score (nSPS) is 24.8. The molecule has 1 N–H and O–H groups in total. The largest absolute Gasteiger partial charge is 0.481 e. The third-order valence-corrected chi connectivity index (χ3v) is 6.03. The van der Waals surface area contributed by atoms with Crippen molar-refractivity contribution >= 4 is 17.7 Å². The number of nitrogens with zero attached hydrogens (tertiary/aromatic N) is 1. The Morgan fingerprint density at radius 1 is 1.25 bits per heavy atom. The van der Waals surface area contributed by atoms with Gasteiger partial charge in [-0.05, 0) is 38.0 Å². The maximum Gasteiger partial charge on any atom is 0.307 e. The Morgan fingerprint density at radius 2 is 1.96 bits per heavy atom. The number of aliphatic carboxylic acids is 1. The molecule has 2 aliphatic carbocycles. The highest BCUT2D eigenvalue weighted by Crippen LogP contribution is 2.59. The van der Waals surface area contributed by atoms with Gasteiger partial charge in [-0.1, -0.05) is 0 Å². The standard InChI is InChI=1S/C18H21NO5/c1-10-14-12(20)3-2-4-13(14)24-15(10)16(21)19-7-5-18(6-8-19)9-11(18)17(22)23/h11H,2-9H2,1H3,(H,22,23). The number of likely N-dealkylation sites (tertiary alicyclic amines) is 1. The van der Waals surface area contributed by atoms with Gasteiger partial charge in [-0.15, -0.1) is 0 Å². The Balaban J connectivity index is 1.50. The number of hydrogen-bond acceptors (Lipinski definition) is 4. The van der Waals surface area contributed by atoms with Crippen LogP contribution in [0.2, 0.25) is 0 Å². The van der Waals surface area contributed by atoms with Crippen LogP contribution in [0.25, 0.3) is 0 Å². The minimum Gasteiger partial charge on any atom is -0.481 e. The van der Waals surface area contributed by atoms with E-state index >= 15 is 0 Å². The van der Waals surface area contributed by atoms with Gasteiger partial charge < -0.3 is 14.4 Å². The van der Waals surface area contributed by atoms with Crippen LogP contribution < -0.4 is 0 Å². The number of amides is 1. The highest BCUT2D eigenvalue weighted by atomic mass is 16.4. The smallest absolute Gasteiger partial charge is 0.307 e. The van der Waals surface area contributed by atoms with Crippen molar-refractivity contribution < 1.29 is 23.9 Å². The SMILES string of the molecule is Cc1c(C(=O)N2CCC3(CC2)CC3C(=O)O)oc2c1C(=O)CCC2. The van der Waals surface area contributed by atoms with Crippen LogP contribution in [-0.4, -0.2) is 40.8 Å². The quantitative estimate of drug-likeness (QED) is 0.899. The Labute approximate surface area is 139 Å². The fourth-order valence-corrected chi connectivity index (χ4v) is 4.40. The number of ketones is 1. The molecule has 1 spiro atoms. The van der Waals surface area contributed by atoms with E-state index in [2.05, 4.69) is 0 Å². The molecule has 24 heavy (non-hydrogen) atoms. The molecule has 0 bridgehead atoms. The van der Waals surface area contributed by atoms with Gasteiger partial charge in [0.1, 0.15) is 5.76 Å². The zero-order valence-corrected chi connectivity index (χ0v) is 13.8. The monoisotopic (exact) mass is 331 g/mol. The number of carbonyl (C=O) groups is 3. The number of piperidine rings is 1. The van der Waals surface area contributed by atoms with Crippen LogP contribution >= 0.6 is 0 Å². The molecule has 4 rings (SSSR count). The maximum absolute atomic E-state index is 12.8. The molecule has 1 unspecified atom stereocenters. The summed E-state index contributed by atoms with van der Waals surface area (Å²) in [6.07, 6.45) is 4.19. The molecule has 0 aromatic carbocycles. The lowest BCUT2D eigenvalue weighted by Crippen LogP contribution is -2.40. The summed E-state index contributed by atoms with van der Waals surface area (Å²) >= 11 is 0. The molecule has 1 saturated carbocycles. The van der Waals surface area contributed by atoms with E-state index in [1.165, 1.54) is 0 Å². The van der Waals surface area contributed by atoms with Gasteiger partial charge in [0, 0.05) is 31.5 Å². The average Bonchev–Trinajstić information content (AvgIpc) is 3.15. The van der Waals surface area contributed by atoms with E-state index in [1.54, 1.807) is 11.8 Å². The summed E-state index contributed by atoms with van der Waals surface area (Å²) in [5.74, 6) is -0.133. The Bertz CT molecular complexity index is 739. The molecule has 128 valence electrons. The van der Waals surface area contributed by atoms with Crippen molar-refractivity contribution in [2.45, 2.75) is 45.4 Å². The summed E-state index contributed by atoms with van der Waals surface area (Å²) in [4.78, 5) is 37.7. The first-order chi connectivity index (χ1) is 11.4. The zero-order valence-electron chi connectivity index (χ0n) is 13.8. The van der Waals surface area contributed by atoms with E-state index in [0.717, 1.165) is 25.7 Å². The predicted molar refractivity (Wildman–Crippen MR) is 84.0 cm³/mol. The van der Waals surface area contributed by atoms with Crippen LogP contribution in [0.1, 0.15) is 64.3 Å². The Hall–Kier alpha value is -2.11. The van der Waals surface area contributed by atoms with Crippen molar-refractivity contribution in [3.8, 4) is 0 Å². The molecule has 1 saturated heterocycles. The molecule has 2 heterocycles. The van der Waals surface area contributed by atoms with Crippen LogP contribution in [0.5, 0.6) is 0 Å². The second kappa shape index (κ2) is 5.19. The van der Waals surface area contributed by atoms with E-state index < -0.39 is 5.97 Å². The Morgan fingerprint density at radius 3 is 2.54 bits per heavy atom. The number of furan rings is 1. The van der Waals surface area contributed by atoms with Crippen LogP contribution in [0.4, 0.5) is 0 Å². The fraction of sp³-hybridized carbons (Fsp3) is 0.611. The van der Waals surface area contributed by atoms with E-state index in [9.17, 15) is 14.4 Å². The maximum atomic E-state index is 12.8. The third-order valence-electron chi connectivity index (χ3n) is 6.03. The number of carboxylic acid groups (broad SMARTS) is 1. The molecule has 6 heteroatoms. The van der Waals surface area contributed by atoms with Crippen molar-refractivity contribution in [1.82, 2.24) is 4.90 Å². The van der Waals surface area contributed by atoms with Gasteiger partial charge in [-0.25, -0.2) is 0 Å². The molecule has 0 radical (unpaired) electrons. The third kappa shape index (κ3) is 2.19. The molecule has 1 aliphatic heterocycles. The summed E-state index contributed by atoms with van der Waals surface area (Å²) in [5, 5.41) is 9.15. The summed E-state index contributed by atoms with van der Waals surface area (Å²) in [5.41, 5.74) is 1.16. The van der Waals surface area contributed by atoms with Gasteiger partial charge in [0.15, 0.2) is 11.5 Å². The van der Waals surface area contributed by atoms with Crippen molar-refractivity contribution in [2.75, 3.05) is 13.1 Å². The zero-order chi connectivity index (χ0) is 17.1. The van der Waals surface area contributed by atoms with Crippen molar-refractivity contribution in [2.24, 2.45) is 11.3 Å². The average molecular weight is 331 g/mol. The topological polar surface area (TPSA) is 87.8 Å². The summed E-state index contributed by atoms with van der Waals surface area (Å²) in [7, 11) is 0. The first-order valence-electron chi connectivity index (χ1n) is 8.60. The van der Waals surface area contributed by atoms with Crippen molar-refractivity contribution in [3.63, 3.8) is 0 Å². The van der Waals surface area contributed by atoms with Gasteiger partial charge >= 0.3 is 5.97 Å². The number of carbonyl (C=O) groups excluding carboxylic acids is 2. The molecule has 1 aromatic heterocycles. The van der Waals surface area contributed by atoms with Crippen molar-refractivity contribution in [1.29, 1.82) is 0 Å². The first-order valence-corrected chi connectivity index (χ1v) is 8.60. The number of hydrogen-bond donors (Lipinski definition) is 1. The van der Waals surface area contributed by atoms with E-state index in [0.29, 0.717) is 42.8 Å². The van der Waals surface area contributed by atoms with E-state index in [4.69, 9.17) is 9.52 Å².